The number of benzene rings is 2. The molecule has 1 fully saturated rings. The van der Waals surface area contributed by atoms with Gasteiger partial charge in [0.05, 0.1) is 0 Å². The van der Waals surface area contributed by atoms with E-state index < -0.39 is 12.0 Å². The van der Waals surface area contributed by atoms with Gasteiger partial charge in [-0.25, -0.2) is 4.79 Å². The van der Waals surface area contributed by atoms with E-state index in [0.29, 0.717) is 31.5 Å². The maximum atomic E-state index is 13.0. The van der Waals surface area contributed by atoms with Crippen LogP contribution in [0.25, 0.3) is 10.8 Å². The van der Waals surface area contributed by atoms with Gasteiger partial charge in [-0.1, -0.05) is 36.4 Å². The highest BCUT2D eigenvalue weighted by molar-refractivity contribution is 6.07. The Balaban J connectivity index is 1.67. The Kier molecular flexibility index (Phi) is 5.44. The van der Waals surface area contributed by atoms with E-state index in [2.05, 4.69) is 0 Å². The van der Waals surface area contributed by atoms with Crippen molar-refractivity contribution < 1.29 is 19.5 Å². The number of nitrogens with zero attached hydrogens (tertiary/aromatic N) is 2. The van der Waals surface area contributed by atoms with Gasteiger partial charge < -0.3 is 14.9 Å². The van der Waals surface area contributed by atoms with Crippen molar-refractivity contribution in [1.29, 1.82) is 0 Å². The van der Waals surface area contributed by atoms with Crippen LogP contribution in [0.2, 0.25) is 0 Å². The van der Waals surface area contributed by atoms with Gasteiger partial charge in [-0.3, -0.25) is 9.59 Å². The Morgan fingerprint density at radius 3 is 2.37 bits per heavy atom. The van der Waals surface area contributed by atoms with Crippen LogP contribution in [0.5, 0.6) is 0 Å². The predicted molar refractivity (Wildman–Crippen MR) is 102 cm³/mol. The van der Waals surface area contributed by atoms with Crippen molar-refractivity contribution in [2.24, 2.45) is 5.92 Å². The second-order valence-corrected chi connectivity index (χ2v) is 7.06. The van der Waals surface area contributed by atoms with Crippen molar-refractivity contribution in [3.8, 4) is 0 Å². The number of rotatable bonds is 4. The van der Waals surface area contributed by atoms with Gasteiger partial charge in [0.2, 0.25) is 5.91 Å². The van der Waals surface area contributed by atoms with E-state index in [-0.39, 0.29) is 17.7 Å². The third-order valence-electron chi connectivity index (χ3n) is 5.44. The molecule has 2 aromatic rings. The van der Waals surface area contributed by atoms with E-state index in [1.807, 2.05) is 42.5 Å². The Morgan fingerprint density at radius 1 is 1.07 bits per heavy atom. The van der Waals surface area contributed by atoms with E-state index >= 15 is 0 Å². The Labute approximate surface area is 158 Å². The molecular formula is C21H24N2O4. The first-order valence-corrected chi connectivity index (χ1v) is 9.16. The highest BCUT2D eigenvalue weighted by Gasteiger charge is 2.32. The van der Waals surface area contributed by atoms with Crippen LogP contribution < -0.4 is 0 Å². The molecular weight excluding hydrogens is 344 g/mol. The number of carbonyl (C=O) groups excluding carboxylic acids is 2. The van der Waals surface area contributed by atoms with E-state index in [4.69, 9.17) is 5.11 Å². The molecule has 1 heterocycles. The van der Waals surface area contributed by atoms with Crippen LogP contribution in [0.15, 0.2) is 42.5 Å². The van der Waals surface area contributed by atoms with Gasteiger partial charge in [0.1, 0.15) is 6.04 Å². The lowest BCUT2D eigenvalue weighted by atomic mass is 9.94. The zero-order valence-electron chi connectivity index (χ0n) is 15.6. The Bertz CT molecular complexity index is 866. The van der Waals surface area contributed by atoms with E-state index in [1.165, 1.54) is 18.9 Å². The van der Waals surface area contributed by atoms with Crippen molar-refractivity contribution in [2.75, 3.05) is 20.1 Å². The molecule has 1 N–H and O–H groups in total. The SMILES string of the molecule is CC(C(=O)O)N(C)C(=O)C1CCN(C(=O)c2cccc3ccccc23)CC1. The number of aliphatic carboxylic acids is 1. The molecule has 6 heteroatoms. The zero-order chi connectivity index (χ0) is 19.6. The summed E-state index contributed by atoms with van der Waals surface area (Å²) in [5.41, 5.74) is 0.675. The second kappa shape index (κ2) is 7.78. The summed E-state index contributed by atoms with van der Waals surface area (Å²) in [6, 6.07) is 12.6. The van der Waals surface area contributed by atoms with Gasteiger partial charge in [0.25, 0.3) is 5.91 Å². The third kappa shape index (κ3) is 3.79. The minimum atomic E-state index is -1.02. The van der Waals surface area contributed by atoms with Crippen molar-refractivity contribution in [3.05, 3.63) is 48.0 Å². The molecule has 2 amide bonds. The highest BCUT2D eigenvalue weighted by Crippen LogP contribution is 2.24. The standard InChI is InChI=1S/C21H24N2O4/c1-14(21(26)27)22(2)19(24)16-10-12-23(13-11-16)20(25)18-9-5-7-15-6-3-4-8-17(15)18/h3-9,14,16H,10-13H2,1-2H3,(H,26,27). The summed E-state index contributed by atoms with van der Waals surface area (Å²) in [4.78, 5) is 39.7. The number of piperidine rings is 1. The number of carboxylic acids is 1. The largest absolute Gasteiger partial charge is 0.480 e. The van der Waals surface area contributed by atoms with Crippen LogP contribution in [0.4, 0.5) is 0 Å². The van der Waals surface area contributed by atoms with Gasteiger partial charge in [0, 0.05) is 31.6 Å². The average Bonchev–Trinajstić information content (AvgIpc) is 2.71. The molecule has 0 spiro atoms. The van der Waals surface area contributed by atoms with Crippen LogP contribution in [0, 0.1) is 5.92 Å². The highest BCUT2D eigenvalue weighted by atomic mass is 16.4. The topological polar surface area (TPSA) is 77.9 Å². The molecule has 1 saturated heterocycles. The number of hydrogen-bond acceptors (Lipinski definition) is 3. The molecule has 0 saturated carbocycles. The van der Waals surface area contributed by atoms with Crippen LogP contribution in [0.3, 0.4) is 0 Å². The lowest BCUT2D eigenvalue weighted by molar-refractivity contribution is -0.150. The molecule has 1 atom stereocenters. The molecule has 1 aliphatic heterocycles. The molecule has 0 bridgehead atoms. The van der Waals surface area contributed by atoms with Gasteiger partial charge in [-0.2, -0.15) is 0 Å². The first-order valence-electron chi connectivity index (χ1n) is 9.16. The lowest BCUT2D eigenvalue weighted by Gasteiger charge is -2.34. The molecule has 0 aliphatic carbocycles. The van der Waals surface area contributed by atoms with Crippen LogP contribution in [-0.4, -0.2) is 58.9 Å². The summed E-state index contributed by atoms with van der Waals surface area (Å²) in [5, 5.41) is 11.0. The molecule has 1 unspecified atom stereocenters. The summed E-state index contributed by atoms with van der Waals surface area (Å²) in [7, 11) is 1.52. The molecule has 142 valence electrons. The van der Waals surface area contributed by atoms with Crippen molar-refractivity contribution in [3.63, 3.8) is 0 Å². The predicted octanol–water partition coefficient (Wildman–Crippen LogP) is 2.62. The van der Waals surface area contributed by atoms with E-state index in [9.17, 15) is 14.4 Å². The first-order chi connectivity index (χ1) is 12.9. The molecule has 0 aromatic heterocycles. The maximum absolute atomic E-state index is 13.0. The number of amides is 2. The fraction of sp³-hybridized carbons (Fsp3) is 0.381. The van der Waals surface area contributed by atoms with E-state index in [0.717, 1.165) is 10.8 Å². The number of carboxylic acid groups (broad SMARTS) is 1. The van der Waals surface area contributed by atoms with E-state index in [1.54, 1.807) is 4.90 Å². The summed E-state index contributed by atoms with van der Waals surface area (Å²) in [6.07, 6.45) is 1.10. The fourth-order valence-corrected chi connectivity index (χ4v) is 3.56. The Hall–Kier alpha value is -2.89. The van der Waals surface area contributed by atoms with Gasteiger partial charge >= 0.3 is 5.97 Å². The smallest absolute Gasteiger partial charge is 0.326 e. The molecule has 3 rings (SSSR count). The van der Waals surface area contributed by atoms with Crippen molar-refractivity contribution >= 4 is 28.6 Å². The maximum Gasteiger partial charge on any atom is 0.326 e. The molecule has 6 nitrogen and oxygen atoms in total. The zero-order valence-corrected chi connectivity index (χ0v) is 15.6. The normalized spacial score (nSPS) is 16.1. The van der Waals surface area contributed by atoms with Crippen molar-refractivity contribution in [1.82, 2.24) is 9.80 Å². The number of carbonyl (C=O) groups is 3. The molecule has 2 aromatic carbocycles. The number of likely N-dealkylation sites (N-methyl/N-ethyl adjacent to an activating group) is 1. The van der Waals surface area contributed by atoms with Crippen LogP contribution in [0.1, 0.15) is 30.1 Å². The third-order valence-corrected chi connectivity index (χ3v) is 5.44. The quantitative estimate of drug-likeness (QED) is 0.900. The summed E-state index contributed by atoms with van der Waals surface area (Å²) in [5.74, 6) is -1.45. The van der Waals surface area contributed by atoms with Crippen LogP contribution in [-0.2, 0) is 9.59 Å². The number of likely N-dealkylation sites (tertiary alicyclic amines) is 1. The number of fused-ring (bicyclic) bond motifs is 1. The lowest BCUT2D eigenvalue weighted by Crippen LogP contribution is -2.47. The number of hydrogen-bond donors (Lipinski definition) is 1. The van der Waals surface area contributed by atoms with Crippen molar-refractivity contribution in [2.45, 2.75) is 25.8 Å². The fourth-order valence-electron chi connectivity index (χ4n) is 3.56. The van der Waals surface area contributed by atoms with Gasteiger partial charge in [-0.15, -0.1) is 0 Å². The monoisotopic (exact) mass is 368 g/mol. The second-order valence-electron chi connectivity index (χ2n) is 7.06. The molecule has 1 aliphatic rings. The molecule has 0 radical (unpaired) electrons. The van der Waals surface area contributed by atoms with Gasteiger partial charge in [0.15, 0.2) is 0 Å². The van der Waals surface area contributed by atoms with Crippen LogP contribution >= 0.6 is 0 Å². The minimum absolute atomic E-state index is 0.0232. The van der Waals surface area contributed by atoms with Gasteiger partial charge in [-0.05, 0) is 36.6 Å². The summed E-state index contributed by atoms with van der Waals surface area (Å²) >= 11 is 0. The average molecular weight is 368 g/mol. The molecule has 27 heavy (non-hydrogen) atoms. The summed E-state index contributed by atoms with van der Waals surface area (Å²) < 4.78 is 0. The Morgan fingerprint density at radius 2 is 1.70 bits per heavy atom. The summed E-state index contributed by atoms with van der Waals surface area (Å²) in [6.45, 7) is 2.49. The minimum Gasteiger partial charge on any atom is -0.480 e. The first kappa shape index (κ1) is 18.9.